The van der Waals surface area contributed by atoms with E-state index in [2.05, 4.69) is 21.8 Å². The number of rotatable bonds is 2. The number of aromatic nitrogens is 2. The zero-order valence-electron chi connectivity index (χ0n) is 14.2. The van der Waals surface area contributed by atoms with Crippen molar-refractivity contribution in [2.24, 2.45) is 0 Å². The lowest BCUT2D eigenvalue weighted by molar-refractivity contribution is -0.169. The summed E-state index contributed by atoms with van der Waals surface area (Å²) >= 11 is 5.96. The zero-order chi connectivity index (χ0) is 21.9. The van der Waals surface area contributed by atoms with Crippen molar-refractivity contribution >= 4 is 34.0 Å². The lowest BCUT2D eigenvalue weighted by Crippen LogP contribution is -2.50. The second-order valence-electron chi connectivity index (χ2n) is 5.97. The van der Waals surface area contributed by atoms with Crippen LogP contribution in [0, 0.1) is 6.57 Å². The summed E-state index contributed by atoms with van der Waals surface area (Å²) in [5, 5.41) is 5.19. The molecule has 29 heavy (non-hydrogen) atoms. The van der Waals surface area contributed by atoms with Crippen molar-refractivity contribution in [1.29, 1.82) is 0 Å². The molecule has 0 saturated heterocycles. The summed E-state index contributed by atoms with van der Waals surface area (Å²) in [5.41, 5.74) is -6.03. The van der Waals surface area contributed by atoms with E-state index in [0.29, 0.717) is 18.2 Å². The van der Waals surface area contributed by atoms with E-state index in [1.54, 1.807) is 0 Å². The van der Waals surface area contributed by atoms with E-state index >= 15 is 0 Å². The van der Waals surface area contributed by atoms with E-state index < -0.39 is 62.2 Å². The van der Waals surface area contributed by atoms with Crippen LogP contribution < -0.4 is 5.32 Å². The molecule has 1 N–H and O–H groups in total. The molecule has 0 fully saturated rings. The highest BCUT2D eigenvalue weighted by atomic mass is 35.5. The Balaban J connectivity index is 2.53. The van der Waals surface area contributed by atoms with Gasteiger partial charge < -0.3 is 10.2 Å². The van der Waals surface area contributed by atoms with E-state index in [-0.39, 0.29) is 4.90 Å². The molecule has 1 aromatic heterocycles. The molecule has 3 rings (SSSR count). The highest BCUT2D eigenvalue weighted by Gasteiger charge is 2.59. The Morgan fingerprint density at radius 1 is 1.34 bits per heavy atom. The van der Waals surface area contributed by atoms with Gasteiger partial charge >= 0.3 is 18.2 Å². The first-order valence-electron chi connectivity index (χ1n) is 7.52. The molecular formula is C16H9ClF6N4OS. The Labute approximate surface area is 167 Å². The molecule has 0 bridgehead atoms. The normalized spacial score (nSPS) is 19.6. The molecule has 13 heteroatoms. The number of hydrogen-bond donors (Lipinski definition) is 1. The van der Waals surface area contributed by atoms with Crippen LogP contribution in [-0.2, 0) is 22.5 Å². The second kappa shape index (κ2) is 6.50. The van der Waals surface area contributed by atoms with Crippen LogP contribution in [0.4, 0.5) is 38.0 Å². The highest BCUT2D eigenvalue weighted by Crippen LogP contribution is 2.52. The van der Waals surface area contributed by atoms with Crippen molar-refractivity contribution in [3.63, 3.8) is 0 Å². The Kier molecular flexibility index (Phi) is 4.75. The van der Waals surface area contributed by atoms with Crippen molar-refractivity contribution in [2.75, 3.05) is 11.6 Å². The van der Waals surface area contributed by atoms with Crippen molar-refractivity contribution in [1.82, 2.24) is 9.78 Å². The fraction of sp³-hybridized carbons (Fsp3) is 0.250. The lowest BCUT2D eigenvalue weighted by atomic mass is 9.85. The standard InChI is InChI=1S/C16H9ClF6N4OS/c1-4-14(16(21,22)23)8-5-7(15(18,19)20)6-9(17)10(8)27-13(25-14)11(29(3)28)12(24-2)26-27/h4-6,25H,1H2,3H3. The third-order valence-corrected chi connectivity index (χ3v) is 5.55. The van der Waals surface area contributed by atoms with Crippen LogP contribution in [-0.4, -0.2) is 26.4 Å². The molecule has 0 amide bonds. The van der Waals surface area contributed by atoms with E-state index in [1.165, 1.54) is 0 Å². The molecule has 0 spiro atoms. The summed E-state index contributed by atoms with van der Waals surface area (Å²) in [5.74, 6) is -0.944. The molecular weight excluding hydrogens is 446 g/mol. The Morgan fingerprint density at radius 2 is 1.97 bits per heavy atom. The smallest absolute Gasteiger partial charge is 0.358 e. The molecule has 2 aromatic rings. The first-order chi connectivity index (χ1) is 13.3. The molecule has 1 aliphatic heterocycles. The summed E-state index contributed by atoms with van der Waals surface area (Å²) in [4.78, 5) is 2.71. The van der Waals surface area contributed by atoms with Crippen LogP contribution in [0.1, 0.15) is 11.1 Å². The molecule has 0 radical (unpaired) electrons. The number of nitrogens with one attached hydrogen (secondary N) is 1. The van der Waals surface area contributed by atoms with Gasteiger partial charge in [-0.15, -0.1) is 11.3 Å². The monoisotopic (exact) mass is 454 g/mol. The van der Waals surface area contributed by atoms with Crippen LogP contribution in [0.15, 0.2) is 29.7 Å². The molecule has 0 saturated carbocycles. The maximum absolute atomic E-state index is 14.1. The van der Waals surface area contributed by atoms with E-state index in [1.807, 2.05) is 0 Å². The van der Waals surface area contributed by atoms with Gasteiger partial charge in [0, 0.05) is 22.6 Å². The van der Waals surface area contributed by atoms with Crippen LogP contribution in [0.3, 0.4) is 0 Å². The van der Waals surface area contributed by atoms with Crippen LogP contribution >= 0.6 is 11.6 Å². The molecule has 2 atom stereocenters. The molecule has 2 heterocycles. The molecule has 5 nitrogen and oxygen atoms in total. The van der Waals surface area contributed by atoms with Gasteiger partial charge in [-0.25, -0.2) is 0 Å². The average Bonchev–Trinajstić information content (AvgIpc) is 2.96. The molecule has 2 unspecified atom stereocenters. The fourth-order valence-corrected chi connectivity index (χ4v) is 4.09. The first-order valence-corrected chi connectivity index (χ1v) is 9.46. The number of alkyl halides is 6. The predicted molar refractivity (Wildman–Crippen MR) is 93.7 cm³/mol. The van der Waals surface area contributed by atoms with Gasteiger partial charge in [-0.1, -0.05) is 24.2 Å². The minimum atomic E-state index is -5.17. The number of halogens is 7. The Morgan fingerprint density at radius 3 is 2.41 bits per heavy atom. The number of hydrogen-bond acceptors (Lipinski definition) is 3. The zero-order valence-corrected chi connectivity index (χ0v) is 15.8. The number of benzene rings is 1. The van der Waals surface area contributed by atoms with E-state index in [0.717, 1.165) is 10.9 Å². The van der Waals surface area contributed by atoms with Gasteiger partial charge in [-0.2, -0.15) is 26.3 Å². The second-order valence-corrected chi connectivity index (χ2v) is 7.69. The van der Waals surface area contributed by atoms with Gasteiger partial charge in [0.2, 0.25) is 0 Å². The van der Waals surface area contributed by atoms with Gasteiger partial charge in [0.05, 0.1) is 10.6 Å². The highest BCUT2D eigenvalue weighted by molar-refractivity contribution is 7.84. The van der Waals surface area contributed by atoms with Gasteiger partial charge in [0.25, 0.3) is 0 Å². The molecule has 1 aliphatic rings. The summed E-state index contributed by atoms with van der Waals surface area (Å²) < 4.78 is 94.9. The van der Waals surface area contributed by atoms with Crippen LogP contribution in [0.2, 0.25) is 5.02 Å². The first kappa shape index (κ1) is 21.2. The Bertz CT molecular complexity index is 1100. The average molecular weight is 455 g/mol. The summed E-state index contributed by atoms with van der Waals surface area (Å²) in [6, 6.07) is 0.760. The fourth-order valence-electron chi connectivity index (χ4n) is 3.03. The van der Waals surface area contributed by atoms with Crippen LogP contribution in [0.5, 0.6) is 0 Å². The largest absolute Gasteiger partial charge is 0.419 e. The maximum atomic E-state index is 14.1. The summed E-state index contributed by atoms with van der Waals surface area (Å²) in [7, 11) is -1.95. The van der Waals surface area contributed by atoms with E-state index in [4.69, 9.17) is 18.2 Å². The summed E-state index contributed by atoms with van der Waals surface area (Å²) in [6.07, 6.45) is -8.63. The summed E-state index contributed by atoms with van der Waals surface area (Å²) in [6.45, 7) is 10.3. The van der Waals surface area contributed by atoms with Gasteiger partial charge in [-0.3, -0.25) is 4.21 Å². The SMILES string of the molecule is [C-]#[N+]c1nn2c(c1S(C)=O)NC(C=C)(C(F)(F)F)c1cc(C(F)(F)F)cc(Cl)c1-2. The quantitative estimate of drug-likeness (QED) is 0.385. The molecule has 0 aliphatic carbocycles. The maximum Gasteiger partial charge on any atom is 0.419 e. The number of nitrogens with zero attached hydrogens (tertiary/aromatic N) is 3. The van der Waals surface area contributed by atoms with Gasteiger partial charge in [0.1, 0.15) is 10.6 Å². The van der Waals surface area contributed by atoms with Crippen molar-refractivity contribution < 1.29 is 30.6 Å². The predicted octanol–water partition coefficient (Wildman–Crippen LogP) is 5.20. The molecule has 154 valence electrons. The van der Waals surface area contributed by atoms with Crippen LogP contribution in [0.25, 0.3) is 10.5 Å². The molecule has 1 aromatic carbocycles. The van der Waals surface area contributed by atoms with Crippen molar-refractivity contribution in [3.8, 4) is 5.69 Å². The van der Waals surface area contributed by atoms with Crippen molar-refractivity contribution in [3.05, 3.63) is 52.4 Å². The number of anilines is 1. The minimum Gasteiger partial charge on any atom is -0.358 e. The third-order valence-electron chi connectivity index (χ3n) is 4.31. The van der Waals surface area contributed by atoms with E-state index in [9.17, 15) is 30.6 Å². The van der Waals surface area contributed by atoms with Gasteiger partial charge in [0.15, 0.2) is 11.4 Å². The number of fused-ring (bicyclic) bond motifs is 3. The Hall–Kier alpha value is -2.52. The van der Waals surface area contributed by atoms with Crippen molar-refractivity contribution in [2.45, 2.75) is 22.8 Å². The minimum absolute atomic E-state index is 0.300. The topological polar surface area (TPSA) is 51.3 Å². The van der Waals surface area contributed by atoms with Gasteiger partial charge in [-0.05, 0) is 17.2 Å². The third kappa shape index (κ3) is 3.00. The lowest BCUT2D eigenvalue weighted by Gasteiger charge is -2.39.